The quantitative estimate of drug-likeness (QED) is 0.405. The molecule has 0 N–H and O–H groups in total. The first-order valence-electron chi connectivity index (χ1n) is 7.20. The average Bonchev–Trinajstić information content (AvgIpc) is 2.46. The fourth-order valence-corrected chi connectivity index (χ4v) is 1.98. The lowest BCUT2D eigenvalue weighted by atomic mass is 10.0. The van der Waals surface area contributed by atoms with Gasteiger partial charge in [0.15, 0.2) is 5.78 Å². The monoisotopic (exact) mass is 316 g/mol. The van der Waals surface area contributed by atoms with E-state index in [1.54, 1.807) is 6.92 Å². The van der Waals surface area contributed by atoms with Crippen LogP contribution in [-0.2, 0) is 15.7 Å². The Balaban J connectivity index is 2.39. The number of ketones is 1. The lowest BCUT2D eigenvalue weighted by Gasteiger charge is -2.08. The molecule has 0 aliphatic carbocycles. The van der Waals surface area contributed by atoms with Crippen LogP contribution >= 0.6 is 0 Å². The van der Waals surface area contributed by atoms with Crippen LogP contribution in [0.15, 0.2) is 24.3 Å². The number of Topliss-reactive ketones (excluding diaryl/α,β-unsaturated/α-hetero) is 1. The van der Waals surface area contributed by atoms with E-state index in [1.807, 2.05) is 0 Å². The van der Waals surface area contributed by atoms with Crippen molar-refractivity contribution >= 4 is 11.8 Å². The van der Waals surface area contributed by atoms with Crippen molar-refractivity contribution in [3.8, 4) is 0 Å². The standard InChI is InChI=1S/C16H19F3O3/c1-2-22-15(21)10-5-3-4-9-14(20)12-7-6-8-13(11-12)16(17,18)19/h6-8,11H,2-5,9-10H2,1H3. The van der Waals surface area contributed by atoms with Gasteiger partial charge in [-0.3, -0.25) is 9.59 Å². The minimum atomic E-state index is -4.45. The van der Waals surface area contributed by atoms with Crippen LogP contribution < -0.4 is 0 Å². The van der Waals surface area contributed by atoms with Crippen LogP contribution in [0.25, 0.3) is 0 Å². The first-order valence-corrected chi connectivity index (χ1v) is 7.20. The molecule has 1 rings (SSSR count). The summed E-state index contributed by atoms with van der Waals surface area (Å²) in [6.07, 6.45) is -2.18. The summed E-state index contributed by atoms with van der Waals surface area (Å²) in [5.74, 6) is -0.589. The smallest absolute Gasteiger partial charge is 0.416 e. The summed E-state index contributed by atoms with van der Waals surface area (Å²) >= 11 is 0. The molecule has 3 nitrogen and oxygen atoms in total. The minimum Gasteiger partial charge on any atom is -0.466 e. The van der Waals surface area contributed by atoms with E-state index in [1.165, 1.54) is 12.1 Å². The molecular formula is C16H19F3O3. The second kappa shape index (κ2) is 8.56. The molecule has 0 radical (unpaired) electrons. The number of hydrogen-bond donors (Lipinski definition) is 0. The van der Waals surface area contributed by atoms with Gasteiger partial charge in [-0.15, -0.1) is 0 Å². The van der Waals surface area contributed by atoms with Crippen LogP contribution in [0.1, 0.15) is 54.9 Å². The fraction of sp³-hybridized carbons (Fsp3) is 0.500. The van der Waals surface area contributed by atoms with Crippen LogP contribution in [-0.4, -0.2) is 18.4 Å². The zero-order chi connectivity index (χ0) is 16.6. The summed E-state index contributed by atoms with van der Waals surface area (Å²) in [4.78, 5) is 23.0. The number of benzene rings is 1. The summed E-state index contributed by atoms with van der Waals surface area (Å²) in [5, 5.41) is 0. The van der Waals surface area contributed by atoms with Gasteiger partial charge in [0.25, 0.3) is 0 Å². The molecule has 0 amide bonds. The van der Waals surface area contributed by atoms with Crippen molar-refractivity contribution in [1.82, 2.24) is 0 Å². The van der Waals surface area contributed by atoms with Crippen molar-refractivity contribution in [2.24, 2.45) is 0 Å². The number of rotatable bonds is 8. The zero-order valence-corrected chi connectivity index (χ0v) is 12.4. The molecule has 122 valence electrons. The van der Waals surface area contributed by atoms with Gasteiger partial charge >= 0.3 is 12.1 Å². The Hall–Kier alpha value is -1.85. The SMILES string of the molecule is CCOC(=O)CCCCCC(=O)c1cccc(C(F)(F)F)c1. The van der Waals surface area contributed by atoms with E-state index in [0.29, 0.717) is 32.3 Å². The normalized spacial score (nSPS) is 11.3. The number of esters is 1. The van der Waals surface area contributed by atoms with Gasteiger partial charge in [0.05, 0.1) is 12.2 Å². The third-order valence-corrected chi connectivity index (χ3v) is 3.10. The van der Waals surface area contributed by atoms with Gasteiger partial charge in [0.2, 0.25) is 0 Å². The number of carbonyl (C=O) groups is 2. The molecule has 1 aromatic rings. The topological polar surface area (TPSA) is 43.4 Å². The molecule has 0 bridgehead atoms. The highest BCUT2D eigenvalue weighted by atomic mass is 19.4. The number of ether oxygens (including phenoxy) is 1. The van der Waals surface area contributed by atoms with E-state index < -0.39 is 11.7 Å². The maximum absolute atomic E-state index is 12.6. The molecule has 0 aliphatic heterocycles. The molecule has 0 unspecified atom stereocenters. The van der Waals surface area contributed by atoms with Crippen molar-refractivity contribution in [3.63, 3.8) is 0 Å². The van der Waals surface area contributed by atoms with Crippen LogP contribution in [0.4, 0.5) is 13.2 Å². The van der Waals surface area contributed by atoms with Crippen LogP contribution in [0.5, 0.6) is 0 Å². The second-order valence-electron chi connectivity index (χ2n) is 4.87. The predicted octanol–water partition coefficient (Wildman–Crippen LogP) is 4.40. The van der Waals surface area contributed by atoms with E-state index in [2.05, 4.69) is 0 Å². The Labute approximate surface area is 127 Å². The molecule has 0 spiro atoms. The molecular weight excluding hydrogens is 297 g/mol. The van der Waals surface area contributed by atoms with Crippen LogP contribution in [0.3, 0.4) is 0 Å². The lowest BCUT2D eigenvalue weighted by Crippen LogP contribution is -2.07. The summed E-state index contributed by atoms with van der Waals surface area (Å²) in [6, 6.07) is 4.43. The van der Waals surface area contributed by atoms with Crippen molar-refractivity contribution < 1.29 is 27.5 Å². The van der Waals surface area contributed by atoms with Gasteiger partial charge < -0.3 is 4.74 Å². The molecule has 0 aliphatic rings. The Morgan fingerprint density at radius 3 is 2.41 bits per heavy atom. The minimum absolute atomic E-state index is 0.0696. The molecule has 6 heteroatoms. The second-order valence-corrected chi connectivity index (χ2v) is 4.87. The van der Waals surface area contributed by atoms with E-state index in [4.69, 9.17) is 4.74 Å². The van der Waals surface area contributed by atoms with E-state index in [9.17, 15) is 22.8 Å². The van der Waals surface area contributed by atoms with Crippen LogP contribution in [0, 0.1) is 0 Å². The summed E-state index contributed by atoms with van der Waals surface area (Å²) < 4.78 is 42.5. The average molecular weight is 316 g/mol. The molecule has 0 aromatic heterocycles. The molecule has 0 heterocycles. The van der Waals surface area contributed by atoms with Gasteiger partial charge in [-0.05, 0) is 31.9 Å². The number of alkyl halides is 3. The first kappa shape index (κ1) is 18.2. The van der Waals surface area contributed by atoms with E-state index in [-0.39, 0.29) is 23.7 Å². The molecule has 0 atom stereocenters. The van der Waals surface area contributed by atoms with Gasteiger partial charge in [0, 0.05) is 18.4 Å². The van der Waals surface area contributed by atoms with E-state index in [0.717, 1.165) is 12.1 Å². The Morgan fingerprint density at radius 2 is 1.77 bits per heavy atom. The number of hydrogen-bond acceptors (Lipinski definition) is 3. The number of unbranched alkanes of at least 4 members (excludes halogenated alkanes) is 2. The molecule has 0 saturated carbocycles. The van der Waals surface area contributed by atoms with Gasteiger partial charge in [0.1, 0.15) is 0 Å². The third kappa shape index (κ3) is 6.28. The predicted molar refractivity (Wildman–Crippen MR) is 75.5 cm³/mol. The van der Waals surface area contributed by atoms with Gasteiger partial charge in [-0.1, -0.05) is 18.6 Å². The third-order valence-electron chi connectivity index (χ3n) is 3.10. The first-order chi connectivity index (χ1) is 10.3. The summed E-state index contributed by atoms with van der Waals surface area (Å²) in [7, 11) is 0. The summed E-state index contributed by atoms with van der Waals surface area (Å²) in [5.41, 5.74) is -0.749. The molecule has 1 aromatic carbocycles. The maximum atomic E-state index is 12.6. The van der Waals surface area contributed by atoms with Gasteiger partial charge in [-0.2, -0.15) is 13.2 Å². The zero-order valence-electron chi connectivity index (χ0n) is 12.4. The van der Waals surface area contributed by atoms with Gasteiger partial charge in [-0.25, -0.2) is 0 Å². The van der Waals surface area contributed by atoms with Crippen molar-refractivity contribution in [2.45, 2.75) is 45.2 Å². The Kier molecular flexibility index (Phi) is 7.08. The summed E-state index contributed by atoms with van der Waals surface area (Å²) in [6.45, 7) is 2.07. The lowest BCUT2D eigenvalue weighted by molar-refractivity contribution is -0.143. The Morgan fingerprint density at radius 1 is 1.09 bits per heavy atom. The van der Waals surface area contributed by atoms with E-state index >= 15 is 0 Å². The van der Waals surface area contributed by atoms with Crippen LogP contribution in [0.2, 0.25) is 0 Å². The van der Waals surface area contributed by atoms with Crippen molar-refractivity contribution in [1.29, 1.82) is 0 Å². The highest BCUT2D eigenvalue weighted by Crippen LogP contribution is 2.29. The maximum Gasteiger partial charge on any atom is 0.416 e. The van der Waals surface area contributed by atoms with Crippen molar-refractivity contribution in [2.75, 3.05) is 6.61 Å². The number of carbonyl (C=O) groups excluding carboxylic acids is 2. The Bertz CT molecular complexity index is 510. The van der Waals surface area contributed by atoms with Crippen molar-refractivity contribution in [3.05, 3.63) is 35.4 Å². The molecule has 22 heavy (non-hydrogen) atoms. The fourth-order valence-electron chi connectivity index (χ4n) is 1.98. The molecule has 0 saturated heterocycles. The number of halogens is 3. The largest absolute Gasteiger partial charge is 0.466 e. The highest BCUT2D eigenvalue weighted by molar-refractivity contribution is 5.96. The molecule has 0 fully saturated rings. The highest BCUT2D eigenvalue weighted by Gasteiger charge is 2.30.